The Morgan fingerprint density at radius 3 is 1.24 bits per heavy atom. The Morgan fingerprint density at radius 2 is 0.798 bits per heavy atom. The minimum absolute atomic E-state index is 0.0520. The maximum absolute atomic E-state index is 12.1. The summed E-state index contributed by atoms with van der Waals surface area (Å²) in [5, 5.41) is 5.79. The summed E-state index contributed by atoms with van der Waals surface area (Å²) in [6.45, 7) is 56.7. The third kappa shape index (κ3) is 24.9. The average Bonchev–Trinajstić information content (AvgIpc) is 3.64. The molecule has 7 heterocycles. The first-order valence-electron chi connectivity index (χ1n) is 32.4. The topological polar surface area (TPSA) is 170 Å². The molecule has 7 aliphatic rings. The predicted octanol–water partition coefficient (Wildman–Crippen LogP) is 15.4. The van der Waals surface area contributed by atoms with Crippen LogP contribution in [-0.4, -0.2) is 150 Å². The van der Waals surface area contributed by atoms with E-state index in [4.69, 9.17) is 52.9 Å². The number of methoxy groups -OCH3 is 3. The Balaban J connectivity index is 0.000000493. The Bertz CT molecular complexity index is 1820. The maximum Gasteiger partial charge on any atom is 0.471 e. The van der Waals surface area contributed by atoms with Crippen LogP contribution in [0.3, 0.4) is 0 Å². The number of nitrogens with one attached hydrogen (secondary N) is 1. The molecule has 15 nitrogen and oxygen atoms in total. The van der Waals surface area contributed by atoms with Gasteiger partial charge in [0.15, 0.2) is 0 Å². The van der Waals surface area contributed by atoms with Crippen LogP contribution >= 0.6 is 0 Å². The number of hydrogen-bond acceptors (Lipinski definition) is 12. The van der Waals surface area contributed by atoms with E-state index >= 15 is 0 Å². The summed E-state index contributed by atoms with van der Waals surface area (Å²) in [4.78, 5) is 13.7. The van der Waals surface area contributed by atoms with E-state index in [1.807, 2.05) is 26.1 Å². The lowest BCUT2D eigenvalue weighted by Crippen LogP contribution is -2.53. The fourth-order valence-electron chi connectivity index (χ4n) is 12.9. The molecular weight excluding hydrogens is 1080 g/mol. The molecule has 0 aliphatic carbocycles. The Hall–Kier alpha value is -1.83. The third-order valence-electron chi connectivity index (χ3n) is 21.3. The predicted molar refractivity (Wildman–Crippen MR) is 332 cm³/mol. The second kappa shape index (κ2) is 38.0. The summed E-state index contributed by atoms with van der Waals surface area (Å²) in [6, 6.07) is -0.373. The van der Waals surface area contributed by atoms with Gasteiger partial charge in [0.05, 0.1) is 91.6 Å². The van der Waals surface area contributed by atoms with E-state index in [-0.39, 0.29) is 73.0 Å². The highest BCUT2D eigenvalue weighted by molar-refractivity contribution is 5.82. The smallest absolute Gasteiger partial charge is 0.378 e. The first kappa shape index (κ1) is 80.2. The first-order valence-corrected chi connectivity index (χ1v) is 32.4. The Labute approximate surface area is 510 Å². The normalized spacial score (nSPS) is 45.6. The zero-order chi connectivity index (χ0) is 65.0. The van der Waals surface area contributed by atoms with Gasteiger partial charge >= 0.3 is 12.1 Å². The van der Waals surface area contributed by atoms with Crippen LogP contribution in [0, 0.1) is 76.9 Å². The van der Waals surface area contributed by atoms with Crippen LogP contribution in [0.1, 0.15) is 199 Å². The Kier molecular flexibility index (Phi) is 36.3. The van der Waals surface area contributed by atoms with Crippen LogP contribution in [0.15, 0.2) is 5.11 Å². The van der Waals surface area contributed by atoms with Gasteiger partial charge in [-0.1, -0.05) is 95.1 Å². The second-order valence-electron chi connectivity index (χ2n) is 27.2. The molecule has 1 N–H and O–H groups in total. The molecule has 0 aromatic carbocycles. The molecule has 30 atom stereocenters. The number of amides is 1. The molecule has 0 saturated carbocycles. The number of nitrogens with zero attached hydrogens (tertiary/aromatic N) is 3. The number of carbonyl (C=O) groups is 1. The number of halogens is 3. The minimum Gasteiger partial charge on any atom is -0.378 e. The van der Waals surface area contributed by atoms with Gasteiger partial charge in [0.1, 0.15) is 6.10 Å². The molecule has 0 aromatic rings. The monoisotopic (exact) mass is 1210 g/mol. The maximum atomic E-state index is 12.1. The highest BCUT2D eigenvalue weighted by Gasteiger charge is 2.44. The van der Waals surface area contributed by atoms with Crippen LogP contribution < -0.4 is 5.32 Å². The lowest BCUT2D eigenvalue weighted by Gasteiger charge is -2.42. The zero-order valence-corrected chi connectivity index (χ0v) is 58.2. The van der Waals surface area contributed by atoms with E-state index < -0.39 is 18.1 Å². The number of rotatable bonds is 5. The standard InChI is InChI=1S/C10H16F3NO2.C10H20O3.C10H20O2.C10H20O.2C9H18O.C8H15N3O/c1-5-4-8(6(2)7(3)16-5)14-9(15)10(11,12)13;1-6-7(2)13-8(3)10(12-5)9(6)11-4;1-6-7(2)10(11-5)9(4)12-8(6)3;1-6-7(2)9(4)11-10(5)8(6)3;1-6-5-10-9(4)8(3)7(6)2;1-6-5-7(2)10-9(4)8(6)3;1-5-4-8(10-11-9)6(2)7(3)12-5/h5-8H,4H2,1-3H3,(H,14,15);6-10H,1-5H3;6-10H,1-5H3;6-10H,1-5H3;2*6-9H,5H2,1-4H3;5-8H,4H2,1-3H3/t5-,6-,7-,8-;6-,7-,8-,9+,10-;6-,7-,8+,9+,10-;7-,8-,9+,10+;6-,7+,8+,9-;6-,7-,8+,9-;5-,6-,7-,8-/m0011000/s1. The van der Waals surface area contributed by atoms with Crippen LogP contribution in [0.25, 0.3) is 10.4 Å². The van der Waals surface area contributed by atoms with Crippen LogP contribution in [0.2, 0.25) is 0 Å². The van der Waals surface area contributed by atoms with Gasteiger partial charge in [-0.25, -0.2) is 0 Å². The van der Waals surface area contributed by atoms with E-state index in [0.29, 0.717) is 78.6 Å². The number of alkyl halides is 3. The van der Waals surface area contributed by atoms with E-state index in [9.17, 15) is 18.0 Å². The molecule has 7 fully saturated rings. The molecule has 84 heavy (non-hydrogen) atoms. The highest BCUT2D eigenvalue weighted by atomic mass is 19.4. The molecule has 0 aromatic heterocycles. The first-order chi connectivity index (χ1) is 38.8. The van der Waals surface area contributed by atoms with Gasteiger partial charge < -0.3 is 52.7 Å². The van der Waals surface area contributed by atoms with Crippen molar-refractivity contribution in [2.24, 2.45) is 82.0 Å². The van der Waals surface area contributed by atoms with E-state index in [1.165, 1.54) is 6.42 Å². The quantitative estimate of drug-likeness (QED) is 0.158. The third-order valence-corrected chi connectivity index (χ3v) is 21.3. The molecule has 7 rings (SSSR count). The zero-order valence-electron chi connectivity index (χ0n) is 58.2. The van der Waals surface area contributed by atoms with E-state index in [0.717, 1.165) is 48.5 Å². The molecule has 0 unspecified atom stereocenters. The van der Waals surface area contributed by atoms with Gasteiger partial charge in [-0.2, -0.15) is 13.2 Å². The number of azide groups is 1. The summed E-state index contributed by atoms with van der Waals surface area (Å²) in [7, 11) is 5.21. The van der Waals surface area contributed by atoms with Crippen molar-refractivity contribution in [3.63, 3.8) is 0 Å². The van der Waals surface area contributed by atoms with Crippen molar-refractivity contribution in [1.82, 2.24) is 5.32 Å². The molecule has 7 saturated heterocycles. The number of ether oxygens (including phenoxy) is 10. The summed E-state index contributed by atoms with van der Waals surface area (Å²) in [6.07, 6.45) is 1.47. The van der Waals surface area contributed by atoms with Gasteiger partial charge in [-0.05, 0) is 180 Å². The van der Waals surface area contributed by atoms with Gasteiger partial charge in [0, 0.05) is 56.8 Å². The molecule has 18 heteroatoms. The van der Waals surface area contributed by atoms with Crippen molar-refractivity contribution in [1.29, 1.82) is 0 Å². The van der Waals surface area contributed by atoms with Crippen molar-refractivity contribution < 1.29 is 65.3 Å². The fourth-order valence-corrected chi connectivity index (χ4v) is 12.9. The van der Waals surface area contributed by atoms with Gasteiger partial charge in [0.2, 0.25) is 0 Å². The molecule has 0 radical (unpaired) electrons. The number of carbonyl (C=O) groups excluding carboxylic acids is 1. The minimum atomic E-state index is -4.81. The average molecular weight is 1210 g/mol. The molecule has 0 spiro atoms. The van der Waals surface area contributed by atoms with Gasteiger partial charge in [0.25, 0.3) is 0 Å². The van der Waals surface area contributed by atoms with E-state index in [1.54, 1.807) is 42.1 Å². The van der Waals surface area contributed by atoms with Crippen molar-refractivity contribution in [3.05, 3.63) is 10.4 Å². The molecule has 7 aliphatic heterocycles. The van der Waals surface area contributed by atoms with Crippen molar-refractivity contribution >= 4 is 5.91 Å². The van der Waals surface area contributed by atoms with Gasteiger partial charge in [-0.15, -0.1) is 0 Å². The molecule has 1 amide bonds. The summed E-state index contributed by atoms with van der Waals surface area (Å²) < 4.78 is 92.0. The summed E-state index contributed by atoms with van der Waals surface area (Å²) >= 11 is 0. The van der Waals surface area contributed by atoms with Crippen molar-refractivity contribution in [3.8, 4) is 0 Å². The van der Waals surface area contributed by atoms with Crippen molar-refractivity contribution in [2.75, 3.05) is 27.9 Å². The second-order valence-corrected chi connectivity index (χ2v) is 27.2. The fraction of sp³-hybridized carbons (Fsp3) is 0.985. The van der Waals surface area contributed by atoms with Gasteiger partial charge in [-0.3, -0.25) is 4.79 Å². The van der Waals surface area contributed by atoms with Crippen LogP contribution in [0.4, 0.5) is 13.2 Å². The molecular formula is C66H127F3N4O11. The largest absolute Gasteiger partial charge is 0.471 e. The van der Waals surface area contributed by atoms with Crippen LogP contribution in [-0.2, 0) is 52.2 Å². The molecule has 0 bridgehead atoms. The summed E-state index contributed by atoms with van der Waals surface area (Å²) in [5.74, 6) is 5.97. The van der Waals surface area contributed by atoms with Crippen LogP contribution in [0.5, 0.6) is 0 Å². The summed E-state index contributed by atoms with van der Waals surface area (Å²) in [5.41, 5.74) is 8.33. The highest BCUT2D eigenvalue weighted by Crippen LogP contribution is 2.36. The lowest BCUT2D eigenvalue weighted by atomic mass is 9.77. The molecule has 498 valence electrons. The SMILES string of the molecule is CC1[C@@H](C)[C@H](C)O[C@@H](C)[C@@H]1C.CO[C@@H]1[C@@H](C)[C@H](C)O[C@@H](C)[C@@H]1OC.CO[C@@H]1[C@H](C)[C@@H](C)[C@H](C)O[C@H]1C.C[C@@H]1[C@@H](N=[N+]=[N-])C[C@H](C)O[C@H]1C.C[C@@H]1[C@@H](NC(=O)C(F)(F)F)C[C@H](C)O[C@H]1C.C[C@@H]1[C@H](C)[C@@H](C)CO[C@H]1C.C[C@H]1[C@H](C)O[C@@H](C)C[C@@H]1C. The lowest BCUT2D eigenvalue weighted by molar-refractivity contribution is -0.202. The Morgan fingerprint density at radius 1 is 0.417 bits per heavy atom. The number of hydrogen-bond donors (Lipinski definition) is 1. The van der Waals surface area contributed by atoms with Crippen molar-refractivity contribution in [2.45, 2.75) is 315 Å². The van der Waals surface area contributed by atoms with E-state index in [2.05, 4.69) is 149 Å².